The molecule has 1 unspecified atom stereocenters. The van der Waals surface area contributed by atoms with Gasteiger partial charge in [-0.05, 0) is 49.7 Å². The highest BCUT2D eigenvalue weighted by Gasteiger charge is 2.59. The van der Waals surface area contributed by atoms with Gasteiger partial charge >= 0.3 is 18.0 Å². The summed E-state index contributed by atoms with van der Waals surface area (Å²) < 4.78 is 17.4. The average molecular weight is 658 g/mol. The third-order valence-electron chi connectivity index (χ3n) is 9.07. The zero-order valence-electron chi connectivity index (χ0n) is 28.4. The van der Waals surface area contributed by atoms with Crippen LogP contribution in [0.25, 0.3) is 0 Å². The molecular weight excluding hydrogens is 606 g/mol. The molecule has 2 heterocycles. The fraction of sp³-hybridized carbons (Fsp3) is 0.697. The van der Waals surface area contributed by atoms with E-state index in [0.29, 0.717) is 0 Å². The molecule has 2 fully saturated rings. The first-order chi connectivity index (χ1) is 22.2. The van der Waals surface area contributed by atoms with Crippen LogP contribution in [-0.4, -0.2) is 89.2 Å². The highest BCUT2D eigenvalue weighted by Crippen LogP contribution is 2.41. The number of aromatic nitrogens is 1. The summed E-state index contributed by atoms with van der Waals surface area (Å²) in [6.07, 6.45) is 3.51. The van der Waals surface area contributed by atoms with Gasteiger partial charge in [0.05, 0.1) is 11.4 Å². The lowest BCUT2D eigenvalue weighted by atomic mass is 9.87. The number of H-pyrrole nitrogens is 1. The molecular formula is C33H51N7O7. The molecule has 3 rings (SSSR count). The Kier molecular flexibility index (Phi) is 13.1. The number of amides is 2. The number of nitrogens with two attached hydrogens (primary N) is 1. The Bertz CT molecular complexity index is 1330. The molecule has 0 bridgehead atoms. The van der Waals surface area contributed by atoms with E-state index in [4.69, 9.17) is 25.4 Å². The zero-order valence-corrected chi connectivity index (χ0v) is 28.4. The topological polar surface area (TPSA) is 216 Å². The zero-order chi connectivity index (χ0) is 34.9. The van der Waals surface area contributed by atoms with Crippen LogP contribution in [0.15, 0.2) is 17.1 Å². The van der Waals surface area contributed by atoms with E-state index < -0.39 is 53.3 Å². The summed E-state index contributed by atoms with van der Waals surface area (Å²) in [5.74, 6) is -1.02. The van der Waals surface area contributed by atoms with Gasteiger partial charge in [-0.15, -0.1) is 0 Å². The van der Waals surface area contributed by atoms with Crippen LogP contribution >= 0.6 is 0 Å². The Hall–Kier alpha value is -3.80. The molecule has 14 heteroatoms. The van der Waals surface area contributed by atoms with Gasteiger partial charge in [0, 0.05) is 19.5 Å². The van der Waals surface area contributed by atoms with Crippen molar-refractivity contribution in [3.8, 4) is 6.07 Å². The Morgan fingerprint density at radius 3 is 2.60 bits per heavy atom. The van der Waals surface area contributed by atoms with E-state index in [1.54, 1.807) is 27.8 Å². The smallest absolute Gasteiger partial charge is 0.323 e. The molecule has 1 aliphatic carbocycles. The maximum absolute atomic E-state index is 13.1. The van der Waals surface area contributed by atoms with Crippen molar-refractivity contribution in [2.24, 2.45) is 22.1 Å². The standard InChI is InChI=1S/C33H51N7O7/c1-7-11-20(2)40(6)31(44)39-29(37-19-35)22-14-15-24(38-22)33(18-34)28(42)26(46-30(43)27(36)32(3,4)5)23(47-33)17-45-25(41)16-21-12-9-8-10-13-21/h14-15,19-21,23,26-28,38,42H,7-13,16-17,36H2,1-6H3,(H2,35,37,39,44)/t20?,23-,26-,27-,28-,33+/m1/s1. The number of nitrogens with zero attached hydrogens (tertiary/aromatic N) is 3. The molecule has 0 aromatic carbocycles. The van der Waals surface area contributed by atoms with Gasteiger partial charge in [-0.2, -0.15) is 5.26 Å². The van der Waals surface area contributed by atoms with Gasteiger partial charge in [0.15, 0.2) is 11.9 Å². The number of amidine groups is 1. The third kappa shape index (κ3) is 9.18. The number of hydrogen-bond acceptors (Lipinski definition) is 10. The molecule has 6 N–H and O–H groups in total. The molecule has 47 heavy (non-hydrogen) atoms. The summed E-state index contributed by atoms with van der Waals surface area (Å²) in [6, 6.07) is 3.43. The van der Waals surface area contributed by atoms with Crippen LogP contribution in [0.3, 0.4) is 0 Å². The van der Waals surface area contributed by atoms with Crippen LogP contribution in [-0.2, 0) is 29.4 Å². The summed E-state index contributed by atoms with van der Waals surface area (Å²) in [5, 5.41) is 32.2. The molecule has 2 amide bonds. The van der Waals surface area contributed by atoms with E-state index in [1.165, 1.54) is 17.0 Å². The minimum Gasteiger partial charge on any atom is -0.463 e. The first-order valence-electron chi connectivity index (χ1n) is 16.4. The highest BCUT2D eigenvalue weighted by molar-refractivity contribution is 6.08. The number of nitrogens with one attached hydrogen (secondary N) is 3. The number of hydrogen-bond donors (Lipinski definition) is 5. The quantitative estimate of drug-likeness (QED) is 0.126. The lowest BCUT2D eigenvalue weighted by Crippen LogP contribution is -2.49. The maximum atomic E-state index is 13.1. The SMILES string of the molecule is CCCC(C)N(C)C(=O)NC(=NC=N)c1ccc([C@]2(C#N)O[C@H](COC(=O)CC3CCCCC3)[C@@H](OC(=O)[C@@H](N)C(C)(C)C)[C@H]2O)[nH]1. The number of aliphatic hydroxyl groups is 1. The van der Waals surface area contributed by atoms with Crippen LogP contribution in [0.4, 0.5) is 4.79 Å². The van der Waals surface area contributed by atoms with Crippen LogP contribution < -0.4 is 11.1 Å². The number of aliphatic imine (C=N–C) groups is 1. The Morgan fingerprint density at radius 2 is 2.00 bits per heavy atom. The minimum atomic E-state index is -2.10. The first-order valence-corrected chi connectivity index (χ1v) is 16.4. The van der Waals surface area contributed by atoms with Crippen molar-refractivity contribution < 1.29 is 33.7 Å². The lowest BCUT2D eigenvalue weighted by molar-refractivity contribution is -0.163. The van der Waals surface area contributed by atoms with E-state index >= 15 is 0 Å². The Morgan fingerprint density at radius 1 is 1.32 bits per heavy atom. The minimum absolute atomic E-state index is 0.000281. The number of carbonyl (C=O) groups excluding carboxylic acids is 3. The Balaban J connectivity index is 1.88. The Labute approximate surface area is 276 Å². The summed E-state index contributed by atoms with van der Waals surface area (Å²) in [7, 11) is 1.65. The van der Waals surface area contributed by atoms with Gasteiger partial charge < -0.3 is 34.9 Å². The lowest BCUT2D eigenvalue weighted by Gasteiger charge is -2.29. The first kappa shape index (κ1) is 37.7. The molecule has 6 atom stereocenters. The van der Waals surface area contributed by atoms with Gasteiger partial charge in [0.25, 0.3) is 0 Å². The van der Waals surface area contributed by atoms with E-state index in [-0.39, 0.29) is 42.2 Å². The summed E-state index contributed by atoms with van der Waals surface area (Å²) in [6.45, 7) is 8.85. The number of aromatic amines is 1. The second-order valence-electron chi connectivity index (χ2n) is 13.7. The van der Waals surface area contributed by atoms with Crippen molar-refractivity contribution in [1.29, 1.82) is 10.7 Å². The number of urea groups is 1. The summed E-state index contributed by atoms with van der Waals surface area (Å²) >= 11 is 0. The molecule has 0 spiro atoms. The number of esters is 2. The molecule has 1 aromatic rings. The van der Waals surface area contributed by atoms with Crippen molar-refractivity contribution >= 4 is 30.1 Å². The maximum Gasteiger partial charge on any atom is 0.323 e. The summed E-state index contributed by atoms with van der Waals surface area (Å²) in [5.41, 5.74) is 3.67. The van der Waals surface area contributed by atoms with E-state index in [1.807, 2.05) is 19.9 Å². The predicted molar refractivity (Wildman–Crippen MR) is 174 cm³/mol. The number of carbonyl (C=O) groups is 3. The molecule has 1 aromatic heterocycles. The molecule has 14 nitrogen and oxygen atoms in total. The van der Waals surface area contributed by atoms with Crippen LogP contribution in [0.5, 0.6) is 0 Å². The molecule has 1 saturated carbocycles. The fourth-order valence-corrected chi connectivity index (χ4v) is 5.86. The normalized spacial score (nSPS) is 24.9. The van der Waals surface area contributed by atoms with Crippen molar-refractivity contribution in [2.45, 2.75) is 122 Å². The van der Waals surface area contributed by atoms with Crippen molar-refractivity contribution in [3.05, 3.63) is 23.5 Å². The van der Waals surface area contributed by atoms with Crippen molar-refractivity contribution in [2.75, 3.05) is 13.7 Å². The number of nitriles is 1. The van der Waals surface area contributed by atoms with Gasteiger partial charge in [-0.3, -0.25) is 20.3 Å². The highest BCUT2D eigenvalue weighted by atomic mass is 16.6. The van der Waals surface area contributed by atoms with Gasteiger partial charge in [-0.1, -0.05) is 53.4 Å². The van der Waals surface area contributed by atoms with Crippen molar-refractivity contribution in [1.82, 2.24) is 15.2 Å². The van der Waals surface area contributed by atoms with E-state index in [2.05, 4.69) is 15.3 Å². The van der Waals surface area contributed by atoms with Gasteiger partial charge in [0.1, 0.15) is 37.3 Å². The van der Waals surface area contributed by atoms with Gasteiger partial charge in [-0.25, -0.2) is 9.79 Å². The summed E-state index contributed by atoms with van der Waals surface area (Å²) in [4.78, 5) is 47.3. The fourth-order valence-electron chi connectivity index (χ4n) is 5.86. The number of rotatable bonds is 12. The van der Waals surface area contributed by atoms with Crippen LogP contribution in [0, 0.1) is 28.1 Å². The molecule has 260 valence electrons. The molecule has 1 saturated heterocycles. The monoisotopic (exact) mass is 657 g/mol. The van der Waals surface area contributed by atoms with Crippen molar-refractivity contribution in [3.63, 3.8) is 0 Å². The third-order valence-corrected chi connectivity index (χ3v) is 9.07. The molecule has 1 aliphatic heterocycles. The predicted octanol–water partition coefficient (Wildman–Crippen LogP) is 3.48. The van der Waals surface area contributed by atoms with Crippen LogP contribution in [0.2, 0.25) is 0 Å². The van der Waals surface area contributed by atoms with Crippen LogP contribution in [0.1, 0.15) is 97.4 Å². The van der Waals surface area contributed by atoms with E-state index in [0.717, 1.165) is 51.3 Å². The largest absolute Gasteiger partial charge is 0.463 e. The average Bonchev–Trinajstić information content (AvgIpc) is 3.63. The second-order valence-corrected chi connectivity index (χ2v) is 13.7. The molecule has 0 radical (unpaired) electrons. The second kappa shape index (κ2) is 16.3. The van der Waals surface area contributed by atoms with Gasteiger partial charge in [0.2, 0.25) is 5.60 Å². The number of aliphatic hydroxyl groups excluding tert-OH is 1. The number of ether oxygens (including phenoxy) is 3. The van der Waals surface area contributed by atoms with E-state index in [9.17, 15) is 24.8 Å². The molecule has 2 aliphatic rings.